The minimum absolute atomic E-state index is 0.232. The lowest BCUT2D eigenvalue weighted by Gasteiger charge is -2.11. The Labute approximate surface area is 139 Å². The van der Waals surface area contributed by atoms with Crippen molar-refractivity contribution >= 4 is 11.2 Å². The number of fused-ring (bicyclic) bond motifs is 1. The number of para-hydroxylation sites is 1. The molecule has 0 saturated carbocycles. The van der Waals surface area contributed by atoms with Gasteiger partial charge in [0.05, 0.1) is 5.69 Å². The Hall–Kier alpha value is -3.01. The molecule has 0 saturated heterocycles. The fourth-order valence-electron chi connectivity index (χ4n) is 2.97. The highest BCUT2D eigenvalue weighted by Gasteiger charge is 2.15. The third kappa shape index (κ3) is 2.56. The Balaban J connectivity index is 1.92. The average molecular weight is 317 g/mol. The largest absolute Gasteiger partial charge is 0.280 e. The first-order chi connectivity index (χ1) is 11.7. The predicted molar refractivity (Wildman–Crippen MR) is 92.8 cm³/mol. The van der Waals surface area contributed by atoms with Crippen molar-refractivity contribution in [2.24, 2.45) is 0 Å². The molecule has 4 rings (SSSR count). The molecule has 0 amide bonds. The van der Waals surface area contributed by atoms with Gasteiger partial charge in [-0.2, -0.15) is 0 Å². The van der Waals surface area contributed by atoms with Crippen molar-refractivity contribution < 1.29 is 4.39 Å². The summed E-state index contributed by atoms with van der Waals surface area (Å²) in [6.45, 7) is 2.07. The van der Waals surface area contributed by atoms with Gasteiger partial charge in [0.1, 0.15) is 17.2 Å². The van der Waals surface area contributed by atoms with Crippen molar-refractivity contribution in [1.82, 2.24) is 14.5 Å². The molecular formula is C20H16FN3. The number of imidazole rings is 1. The van der Waals surface area contributed by atoms with Crippen LogP contribution < -0.4 is 0 Å². The highest BCUT2D eigenvalue weighted by atomic mass is 19.1. The average Bonchev–Trinajstić information content (AvgIpc) is 2.93. The first-order valence-electron chi connectivity index (χ1n) is 7.85. The molecule has 0 aliphatic rings. The summed E-state index contributed by atoms with van der Waals surface area (Å²) in [6.07, 6.45) is 2.31. The van der Waals surface area contributed by atoms with Crippen LogP contribution in [0.3, 0.4) is 0 Å². The summed E-state index contributed by atoms with van der Waals surface area (Å²) in [5, 5.41) is 0. The highest BCUT2D eigenvalue weighted by molar-refractivity contribution is 5.74. The van der Waals surface area contributed by atoms with Gasteiger partial charge < -0.3 is 0 Å². The van der Waals surface area contributed by atoms with E-state index in [2.05, 4.69) is 28.6 Å². The lowest BCUT2D eigenvalue weighted by atomic mass is 10.1. The zero-order valence-corrected chi connectivity index (χ0v) is 13.3. The van der Waals surface area contributed by atoms with Crippen LogP contribution in [0, 0.1) is 12.7 Å². The van der Waals surface area contributed by atoms with Crippen LogP contribution in [0.1, 0.15) is 17.0 Å². The summed E-state index contributed by atoms with van der Waals surface area (Å²) in [4.78, 5) is 9.24. The molecule has 2 heterocycles. The number of aryl methyl sites for hydroxylation is 1. The maximum absolute atomic E-state index is 13.5. The van der Waals surface area contributed by atoms with Gasteiger partial charge in [0.15, 0.2) is 5.65 Å². The number of pyridine rings is 1. The molecule has 4 aromatic rings. The topological polar surface area (TPSA) is 30.7 Å². The van der Waals surface area contributed by atoms with Gasteiger partial charge >= 0.3 is 0 Å². The maximum Gasteiger partial charge on any atom is 0.164 e. The monoisotopic (exact) mass is 317 g/mol. The molecule has 0 unspecified atom stereocenters. The van der Waals surface area contributed by atoms with Gasteiger partial charge in [-0.3, -0.25) is 4.57 Å². The molecule has 0 spiro atoms. The lowest BCUT2D eigenvalue weighted by molar-refractivity contribution is 0.625. The summed E-state index contributed by atoms with van der Waals surface area (Å²) < 4.78 is 15.6. The molecule has 4 heteroatoms. The minimum atomic E-state index is -0.232. The van der Waals surface area contributed by atoms with E-state index in [4.69, 9.17) is 4.98 Å². The van der Waals surface area contributed by atoms with Gasteiger partial charge in [-0.15, -0.1) is 0 Å². The van der Waals surface area contributed by atoms with E-state index in [1.54, 1.807) is 18.3 Å². The van der Waals surface area contributed by atoms with E-state index in [0.717, 1.165) is 33.8 Å². The number of hydrogen-bond acceptors (Lipinski definition) is 2. The zero-order valence-electron chi connectivity index (χ0n) is 13.3. The number of hydrogen-bond donors (Lipinski definition) is 0. The molecule has 0 aliphatic heterocycles. The Bertz CT molecular complexity index is 1020. The molecular weight excluding hydrogens is 301 g/mol. The second kappa shape index (κ2) is 5.89. The van der Waals surface area contributed by atoms with Crippen LogP contribution in [-0.4, -0.2) is 14.5 Å². The van der Waals surface area contributed by atoms with Crippen molar-refractivity contribution in [3.8, 4) is 5.69 Å². The predicted octanol–water partition coefficient (Wildman–Crippen LogP) is 4.46. The van der Waals surface area contributed by atoms with E-state index >= 15 is 0 Å². The first-order valence-corrected chi connectivity index (χ1v) is 7.85. The molecule has 0 atom stereocenters. The molecule has 0 aliphatic carbocycles. The fraction of sp³-hybridized carbons (Fsp3) is 0.100. The highest BCUT2D eigenvalue weighted by Crippen LogP contribution is 2.24. The van der Waals surface area contributed by atoms with E-state index in [0.29, 0.717) is 6.42 Å². The second-order valence-electron chi connectivity index (χ2n) is 5.80. The summed E-state index contributed by atoms with van der Waals surface area (Å²) in [5.41, 5.74) is 4.73. The molecule has 0 bridgehead atoms. The molecule has 0 fully saturated rings. The Morgan fingerprint density at radius 3 is 2.71 bits per heavy atom. The standard InChI is InChI=1S/C20H16FN3/c1-14-6-2-3-10-18(14)24-19(13-15-7-4-8-16(21)12-15)23-17-9-5-11-22-20(17)24/h2-12H,13H2,1H3. The van der Waals surface area contributed by atoms with E-state index in [9.17, 15) is 4.39 Å². The third-order valence-electron chi connectivity index (χ3n) is 4.09. The van der Waals surface area contributed by atoms with Gasteiger partial charge in [-0.05, 0) is 48.4 Å². The zero-order chi connectivity index (χ0) is 16.5. The number of benzene rings is 2. The van der Waals surface area contributed by atoms with Crippen molar-refractivity contribution in [1.29, 1.82) is 0 Å². The van der Waals surface area contributed by atoms with Gasteiger partial charge in [0.2, 0.25) is 0 Å². The van der Waals surface area contributed by atoms with Crippen LogP contribution in [0.5, 0.6) is 0 Å². The van der Waals surface area contributed by atoms with E-state index in [-0.39, 0.29) is 5.82 Å². The summed E-state index contributed by atoms with van der Waals surface area (Å²) in [6, 6.07) is 18.6. The molecule has 2 aromatic heterocycles. The van der Waals surface area contributed by atoms with Gasteiger partial charge in [-0.25, -0.2) is 14.4 Å². The van der Waals surface area contributed by atoms with Gasteiger partial charge in [-0.1, -0.05) is 30.3 Å². The number of aromatic nitrogens is 3. The van der Waals surface area contributed by atoms with Crippen LogP contribution in [0.4, 0.5) is 4.39 Å². The summed E-state index contributed by atoms with van der Waals surface area (Å²) >= 11 is 0. The van der Waals surface area contributed by atoms with Crippen LogP contribution in [0.15, 0.2) is 66.9 Å². The number of rotatable bonds is 3. The van der Waals surface area contributed by atoms with Crippen molar-refractivity contribution in [3.63, 3.8) is 0 Å². The molecule has 24 heavy (non-hydrogen) atoms. The lowest BCUT2D eigenvalue weighted by Crippen LogP contribution is -2.04. The van der Waals surface area contributed by atoms with E-state index in [1.165, 1.54) is 6.07 Å². The fourth-order valence-corrected chi connectivity index (χ4v) is 2.97. The Morgan fingerprint density at radius 1 is 1.00 bits per heavy atom. The third-order valence-corrected chi connectivity index (χ3v) is 4.09. The summed E-state index contributed by atoms with van der Waals surface area (Å²) in [7, 11) is 0. The smallest absolute Gasteiger partial charge is 0.164 e. The number of nitrogens with zero attached hydrogens (tertiary/aromatic N) is 3. The van der Waals surface area contributed by atoms with E-state index < -0.39 is 0 Å². The normalized spacial score (nSPS) is 11.1. The molecule has 118 valence electrons. The summed E-state index contributed by atoms with van der Waals surface area (Å²) in [5.74, 6) is 0.618. The van der Waals surface area contributed by atoms with Crippen molar-refractivity contribution in [2.45, 2.75) is 13.3 Å². The molecule has 2 aromatic carbocycles. The van der Waals surface area contributed by atoms with Crippen molar-refractivity contribution in [2.75, 3.05) is 0 Å². The molecule has 3 nitrogen and oxygen atoms in total. The van der Waals surface area contributed by atoms with Gasteiger partial charge in [0.25, 0.3) is 0 Å². The van der Waals surface area contributed by atoms with Crippen LogP contribution in [0.25, 0.3) is 16.9 Å². The van der Waals surface area contributed by atoms with Crippen LogP contribution in [-0.2, 0) is 6.42 Å². The van der Waals surface area contributed by atoms with Crippen molar-refractivity contribution in [3.05, 3.63) is 89.6 Å². The van der Waals surface area contributed by atoms with Gasteiger partial charge in [0, 0.05) is 12.6 Å². The van der Waals surface area contributed by atoms with E-state index in [1.807, 2.05) is 30.3 Å². The Morgan fingerprint density at radius 2 is 1.88 bits per heavy atom. The minimum Gasteiger partial charge on any atom is -0.280 e. The first kappa shape index (κ1) is 14.6. The number of halogens is 1. The molecule has 0 N–H and O–H groups in total. The quantitative estimate of drug-likeness (QED) is 0.558. The maximum atomic E-state index is 13.5. The SMILES string of the molecule is Cc1ccccc1-n1c(Cc2cccc(F)c2)nc2cccnc21. The van der Waals surface area contributed by atoms with Crippen LogP contribution in [0.2, 0.25) is 0 Å². The second-order valence-corrected chi connectivity index (χ2v) is 5.80. The molecule has 0 radical (unpaired) electrons. The van der Waals surface area contributed by atoms with Crippen LogP contribution >= 0.6 is 0 Å². The Kier molecular flexibility index (Phi) is 3.58.